The summed E-state index contributed by atoms with van der Waals surface area (Å²) in [5.41, 5.74) is 2.65. The highest BCUT2D eigenvalue weighted by Crippen LogP contribution is 2.25. The third kappa shape index (κ3) is 4.74. The van der Waals surface area contributed by atoms with Gasteiger partial charge in [0.25, 0.3) is 5.91 Å². The van der Waals surface area contributed by atoms with Gasteiger partial charge in [0.1, 0.15) is 0 Å². The van der Waals surface area contributed by atoms with Crippen molar-refractivity contribution in [3.8, 4) is 0 Å². The molecule has 0 radical (unpaired) electrons. The van der Waals surface area contributed by atoms with Crippen LogP contribution in [0, 0.1) is 5.92 Å². The number of benzene rings is 2. The number of rotatable bonds is 3. The minimum Gasteiger partial charge on any atom is -0.339 e. The van der Waals surface area contributed by atoms with Gasteiger partial charge < -0.3 is 10.2 Å². The van der Waals surface area contributed by atoms with Crippen molar-refractivity contribution < 1.29 is 9.59 Å². The number of nitrogens with zero attached hydrogens (tertiary/aromatic N) is 1. The van der Waals surface area contributed by atoms with E-state index in [0.717, 1.165) is 5.69 Å². The number of amides is 2. The molecule has 0 aliphatic carbocycles. The molecule has 1 heterocycles. The summed E-state index contributed by atoms with van der Waals surface area (Å²) in [5.74, 6) is -0.131. The Kier molecular flexibility index (Phi) is 6.09. The minimum atomic E-state index is -0.0856. The van der Waals surface area contributed by atoms with E-state index >= 15 is 0 Å². The van der Waals surface area contributed by atoms with Crippen LogP contribution in [0.5, 0.6) is 0 Å². The molecule has 148 valence electrons. The Labute approximate surface area is 171 Å². The minimum absolute atomic E-state index is 0.0216. The Balaban J connectivity index is 1.55. The van der Waals surface area contributed by atoms with Crippen molar-refractivity contribution in [3.63, 3.8) is 0 Å². The van der Waals surface area contributed by atoms with Crippen molar-refractivity contribution in [3.05, 3.63) is 64.7 Å². The van der Waals surface area contributed by atoms with Gasteiger partial charge in [0.15, 0.2) is 0 Å². The third-order valence-electron chi connectivity index (χ3n) is 5.28. The number of halogens is 1. The number of anilines is 1. The Bertz CT molecular complexity index is 848. The number of hydrogen-bond acceptors (Lipinski definition) is 2. The summed E-state index contributed by atoms with van der Waals surface area (Å²) in [6.45, 7) is 7.62. The molecule has 0 bridgehead atoms. The van der Waals surface area contributed by atoms with Crippen LogP contribution in [-0.4, -0.2) is 29.8 Å². The van der Waals surface area contributed by atoms with Crippen LogP contribution in [0.15, 0.2) is 48.5 Å². The Hall–Kier alpha value is -2.33. The molecule has 2 aromatic rings. The number of carbonyl (C=O) groups is 2. The second kappa shape index (κ2) is 8.36. The van der Waals surface area contributed by atoms with Crippen LogP contribution >= 0.6 is 11.6 Å². The van der Waals surface area contributed by atoms with Gasteiger partial charge in [-0.1, -0.05) is 56.6 Å². The third-order valence-corrected chi connectivity index (χ3v) is 5.61. The van der Waals surface area contributed by atoms with Gasteiger partial charge >= 0.3 is 0 Å². The van der Waals surface area contributed by atoms with Gasteiger partial charge in [-0.2, -0.15) is 0 Å². The summed E-state index contributed by atoms with van der Waals surface area (Å²) < 4.78 is 0. The molecular weight excluding hydrogens is 372 g/mol. The summed E-state index contributed by atoms with van der Waals surface area (Å²) in [7, 11) is 0. The second-order valence-corrected chi connectivity index (χ2v) is 8.77. The molecular formula is C23H27ClN2O2. The van der Waals surface area contributed by atoms with Crippen molar-refractivity contribution >= 4 is 29.1 Å². The van der Waals surface area contributed by atoms with Crippen molar-refractivity contribution in [2.45, 2.75) is 39.0 Å². The summed E-state index contributed by atoms with van der Waals surface area (Å²) in [6.07, 6.45) is 1.31. The molecule has 3 rings (SSSR count). The first-order valence-electron chi connectivity index (χ1n) is 9.71. The fraction of sp³-hybridized carbons (Fsp3) is 0.391. The van der Waals surface area contributed by atoms with E-state index in [4.69, 9.17) is 11.6 Å². The summed E-state index contributed by atoms with van der Waals surface area (Å²) in [4.78, 5) is 27.0. The van der Waals surface area contributed by atoms with E-state index in [0.29, 0.717) is 36.5 Å². The SMILES string of the molecule is CC(C)(C)c1ccc(NC(=O)C2CCN(C(=O)c3ccccc3Cl)CC2)cc1. The molecule has 2 aromatic carbocycles. The predicted molar refractivity (Wildman–Crippen MR) is 114 cm³/mol. The smallest absolute Gasteiger partial charge is 0.255 e. The van der Waals surface area contributed by atoms with Gasteiger partial charge in [0, 0.05) is 24.7 Å². The van der Waals surface area contributed by atoms with E-state index in [1.807, 2.05) is 24.3 Å². The largest absolute Gasteiger partial charge is 0.339 e. The van der Waals surface area contributed by atoms with Crippen LogP contribution < -0.4 is 5.32 Å². The van der Waals surface area contributed by atoms with E-state index in [1.54, 1.807) is 17.0 Å². The van der Waals surface area contributed by atoms with Crippen LogP contribution in [0.2, 0.25) is 5.02 Å². The fourth-order valence-corrected chi connectivity index (χ4v) is 3.66. The first-order chi connectivity index (χ1) is 13.3. The van der Waals surface area contributed by atoms with E-state index in [1.165, 1.54) is 5.56 Å². The number of piperidine rings is 1. The zero-order valence-corrected chi connectivity index (χ0v) is 17.4. The molecule has 5 heteroatoms. The van der Waals surface area contributed by atoms with Gasteiger partial charge in [0.05, 0.1) is 10.6 Å². The Morgan fingerprint density at radius 3 is 2.18 bits per heavy atom. The first-order valence-corrected chi connectivity index (χ1v) is 10.1. The Morgan fingerprint density at radius 1 is 1.00 bits per heavy atom. The van der Waals surface area contributed by atoms with Crippen LogP contribution in [0.1, 0.15) is 49.5 Å². The van der Waals surface area contributed by atoms with Crippen LogP contribution in [0.4, 0.5) is 5.69 Å². The first kappa shape index (κ1) is 20.4. The van der Waals surface area contributed by atoms with Crippen LogP contribution in [-0.2, 0) is 10.2 Å². The van der Waals surface area contributed by atoms with Gasteiger partial charge in [-0.3, -0.25) is 9.59 Å². The maximum atomic E-state index is 12.6. The second-order valence-electron chi connectivity index (χ2n) is 8.36. The van der Waals surface area contributed by atoms with Crippen molar-refractivity contribution in [1.82, 2.24) is 4.90 Å². The lowest BCUT2D eigenvalue weighted by atomic mass is 9.87. The lowest BCUT2D eigenvalue weighted by molar-refractivity contribution is -0.121. The molecule has 1 saturated heterocycles. The molecule has 1 fully saturated rings. The summed E-state index contributed by atoms with van der Waals surface area (Å²) in [5, 5.41) is 3.48. The topological polar surface area (TPSA) is 49.4 Å². The quantitative estimate of drug-likeness (QED) is 0.779. The lowest BCUT2D eigenvalue weighted by Crippen LogP contribution is -2.41. The van der Waals surface area contributed by atoms with Gasteiger partial charge in [-0.25, -0.2) is 0 Å². The molecule has 1 aliphatic rings. The van der Waals surface area contributed by atoms with Gasteiger partial charge in [-0.15, -0.1) is 0 Å². The number of hydrogen-bond donors (Lipinski definition) is 1. The average Bonchev–Trinajstić information content (AvgIpc) is 2.67. The highest BCUT2D eigenvalue weighted by atomic mass is 35.5. The lowest BCUT2D eigenvalue weighted by Gasteiger charge is -2.31. The molecule has 0 spiro atoms. The average molecular weight is 399 g/mol. The molecule has 0 saturated carbocycles. The van der Waals surface area contributed by atoms with E-state index in [9.17, 15) is 9.59 Å². The fourth-order valence-electron chi connectivity index (χ4n) is 3.45. The van der Waals surface area contributed by atoms with Gasteiger partial charge in [-0.05, 0) is 48.1 Å². The molecule has 0 unspecified atom stereocenters. The zero-order chi connectivity index (χ0) is 20.3. The highest BCUT2D eigenvalue weighted by molar-refractivity contribution is 6.33. The molecule has 0 aromatic heterocycles. The molecule has 4 nitrogen and oxygen atoms in total. The Morgan fingerprint density at radius 2 is 1.61 bits per heavy atom. The molecule has 1 N–H and O–H groups in total. The number of nitrogens with one attached hydrogen (secondary N) is 1. The molecule has 0 atom stereocenters. The molecule has 28 heavy (non-hydrogen) atoms. The van der Waals surface area contributed by atoms with Crippen LogP contribution in [0.25, 0.3) is 0 Å². The van der Waals surface area contributed by atoms with Gasteiger partial charge in [0.2, 0.25) is 5.91 Å². The standard InChI is InChI=1S/C23H27ClN2O2/c1-23(2,3)17-8-10-18(11-9-17)25-21(27)16-12-14-26(15-13-16)22(28)19-6-4-5-7-20(19)24/h4-11,16H,12-15H2,1-3H3,(H,25,27). The zero-order valence-electron chi connectivity index (χ0n) is 16.7. The summed E-state index contributed by atoms with van der Waals surface area (Å²) >= 11 is 6.14. The normalized spacial score (nSPS) is 15.4. The number of carbonyl (C=O) groups excluding carboxylic acids is 2. The monoisotopic (exact) mass is 398 g/mol. The van der Waals surface area contributed by atoms with E-state index in [2.05, 4.69) is 38.2 Å². The number of likely N-dealkylation sites (tertiary alicyclic amines) is 1. The van der Waals surface area contributed by atoms with Crippen molar-refractivity contribution in [1.29, 1.82) is 0 Å². The molecule has 1 aliphatic heterocycles. The highest BCUT2D eigenvalue weighted by Gasteiger charge is 2.28. The summed E-state index contributed by atoms with van der Waals surface area (Å²) in [6, 6.07) is 15.1. The maximum absolute atomic E-state index is 12.6. The van der Waals surface area contributed by atoms with Crippen molar-refractivity contribution in [2.75, 3.05) is 18.4 Å². The predicted octanol–water partition coefficient (Wildman–Crippen LogP) is 5.13. The molecule has 2 amide bonds. The van der Waals surface area contributed by atoms with Crippen molar-refractivity contribution in [2.24, 2.45) is 5.92 Å². The van der Waals surface area contributed by atoms with E-state index in [-0.39, 0.29) is 23.1 Å². The van der Waals surface area contributed by atoms with E-state index < -0.39 is 0 Å². The van der Waals surface area contributed by atoms with Crippen LogP contribution in [0.3, 0.4) is 0 Å². The maximum Gasteiger partial charge on any atom is 0.255 e.